The van der Waals surface area contributed by atoms with E-state index in [1.807, 2.05) is 7.05 Å². The second-order valence-electron chi connectivity index (χ2n) is 5.20. The number of amides is 1. The lowest BCUT2D eigenvalue weighted by Gasteiger charge is -2.15. The van der Waals surface area contributed by atoms with Crippen LogP contribution in [0.25, 0.3) is 0 Å². The third-order valence-electron chi connectivity index (χ3n) is 3.61. The van der Waals surface area contributed by atoms with E-state index < -0.39 is 0 Å². The van der Waals surface area contributed by atoms with E-state index in [0.717, 1.165) is 18.5 Å². The third kappa shape index (κ3) is 3.85. The standard InChI is InChI=1S/C14H18Cl2N2O2/c1-18-7-10(6-11(18)8-19)17-14(20)5-9-2-3-12(15)13(16)4-9/h2-4,10-11,19H,5-8H2,1H3,(H,17,20). The van der Waals surface area contributed by atoms with Gasteiger partial charge in [-0.15, -0.1) is 0 Å². The summed E-state index contributed by atoms with van der Waals surface area (Å²) in [5.74, 6) is -0.0413. The molecule has 0 aromatic heterocycles. The fraction of sp³-hybridized carbons (Fsp3) is 0.500. The maximum atomic E-state index is 12.0. The maximum absolute atomic E-state index is 12.0. The van der Waals surface area contributed by atoms with Crippen LogP contribution in [0.15, 0.2) is 18.2 Å². The molecule has 110 valence electrons. The van der Waals surface area contributed by atoms with Crippen molar-refractivity contribution in [2.75, 3.05) is 20.2 Å². The molecular formula is C14H18Cl2N2O2. The zero-order chi connectivity index (χ0) is 14.7. The highest BCUT2D eigenvalue weighted by molar-refractivity contribution is 6.42. The number of carbonyl (C=O) groups is 1. The summed E-state index contributed by atoms with van der Waals surface area (Å²) in [5.41, 5.74) is 0.835. The van der Waals surface area contributed by atoms with Crippen LogP contribution in [0.2, 0.25) is 10.0 Å². The van der Waals surface area contributed by atoms with Crippen LogP contribution in [0.5, 0.6) is 0 Å². The highest BCUT2D eigenvalue weighted by Gasteiger charge is 2.29. The Hall–Kier alpha value is -0.810. The predicted octanol–water partition coefficient (Wildman–Crippen LogP) is 1.72. The monoisotopic (exact) mass is 316 g/mol. The predicted molar refractivity (Wildman–Crippen MR) is 80.2 cm³/mol. The molecule has 6 heteroatoms. The van der Waals surface area contributed by atoms with Crippen LogP contribution in [-0.2, 0) is 11.2 Å². The van der Waals surface area contributed by atoms with Crippen LogP contribution in [0.3, 0.4) is 0 Å². The summed E-state index contributed by atoms with van der Waals surface area (Å²) in [6.45, 7) is 0.883. The Balaban J connectivity index is 1.88. The van der Waals surface area contributed by atoms with Gasteiger partial charge in [-0.3, -0.25) is 9.69 Å². The van der Waals surface area contributed by atoms with Gasteiger partial charge in [0.05, 0.1) is 23.1 Å². The molecule has 4 nitrogen and oxygen atoms in total. The van der Waals surface area contributed by atoms with Crippen molar-refractivity contribution in [3.8, 4) is 0 Å². The Morgan fingerprint density at radius 1 is 1.45 bits per heavy atom. The fourth-order valence-electron chi connectivity index (χ4n) is 2.51. The lowest BCUT2D eigenvalue weighted by molar-refractivity contribution is -0.121. The van der Waals surface area contributed by atoms with Crippen molar-refractivity contribution < 1.29 is 9.90 Å². The molecule has 1 amide bonds. The normalized spacial score (nSPS) is 23.0. The number of nitrogens with one attached hydrogen (secondary N) is 1. The van der Waals surface area contributed by atoms with Crippen LogP contribution < -0.4 is 5.32 Å². The molecule has 2 atom stereocenters. The number of halogens is 2. The van der Waals surface area contributed by atoms with E-state index in [9.17, 15) is 9.90 Å². The number of likely N-dealkylation sites (tertiary alicyclic amines) is 1. The van der Waals surface area contributed by atoms with Crippen LogP contribution >= 0.6 is 23.2 Å². The summed E-state index contributed by atoms with van der Waals surface area (Å²) in [5, 5.41) is 13.1. The molecule has 2 unspecified atom stereocenters. The van der Waals surface area contributed by atoms with Crippen LogP contribution in [0.4, 0.5) is 0 Å². The Morgan fingerprint density at radius 3 is 2.80 bits per heavy atom. The number of benzene rings is 1. The van der Waals surface area contributed by atoms with E-state index in [1.54, 1.807) is 18.2 Å². The van der Waals surface area contributed by atoms with E-state index in [1.165, 1.54) is 0 Å². The van der Waals surface area contributed by atoms with Gasteiger partial charge >= 0.3 is 0 Å². The van der Waals surface area contributed by atoms with Crippen molar-refractivity contribution in [2.45, 2.75) is 24.9 Å². The number of aliphatic hydroxyl groups is 1. The van der Waals surface area contributed by atoms with E-state index in [2.05, 4.69) is 10.2 Å². The number of hydrogen-bond donors (Lipinski definition) is 2. The zero-order valence-corrected chi connectivity index (χ0v) is 12.8. The van der Waals surface area contributed by atoms with Crippen molar-refractivity contribution >= 4 is 29.1 Å². The van der Waals surface area contributed by atoms with Gasteiger partial charge in [0.15, 0.2) is 0 Å². The first-order chi connectivity index (χ1) is 9.49. The van der Waals surface area contributed by atoms with Crippen LogP contribution in [0.1, 0.15) is 12.0 Å². The number of aliphatic hydroxyl groups excluding tert-OH is 1. The fourth-order valence-corrected chi connectivity index (χ4v) is 2.83. The smallest absolute Gasteiger partial charge is 0.224 e. The number of carbonyl (C=O) groups excluding carboxylic acids is 1. The van der Waals surface area contributed by atoms with Gasteiger partial charge in [-0.05, 0) is 31.2 Å². The SMILES string of the molecule is CN1CC(NC(=O)Cc2ccc(Cl)c(Cl)c2)CC1CO. The molecule has 1 saturated heterocycles. The van der Waals surface area contributed by atoms with Crippen molar-refractivity contribution in [2.24, 2.45) is 0 Å². The van der Waals surface area contributed by atoms with E-state index in [0.29, 0.717) is 10.0 Å². The highest BCUT2D eigenvalue weighted by atomic mass is 35.5. The average molecular weight is 317 g/mol. The minimum Gasteiger partial charge on any atom is -0.395 e. The molecular weight excluding hydrogens is 299 g/mol. The summed E-state index contributed by atoms with van der Waals surface area (Å²) in [4.78, 5) is 14.1. The minimum absolute atomic E-state index is 0.0413. The van der Waals surface area contributed by atoms with Gasteiger partial charge in [0.2, 0.25) is 5.91 Å². The summed E-state index contributed by atoms with van der Waals surface area (Å²) < 4.78 is 0. The molecule has 0 spiro atoms. The van der Waals surface area contributed by atoms with Gasteiger partial charge in [0.1, 0.15) is 0 Å². The molecule has 2 rings (SSSR count). The number of hydrogen-bond acceptors (Lipinski definition) is 3. The molecule has 1 aliphatic rings. The van der Waals surface area contributed by atoms with Gasteiger partial charge < -0.3 is 10.4 Å². The van der Waals surface area contributed by atoms with Gasteiger partial charge in [0.25, 0.3) is 0 Å². The molecule has 1 heterocycles. The van der Waals surface area contributed by atoms with Gasteiger partial charge in [-0.25, -0.2) is 0 Å². The molecule has 1 aromatic rings. The van der Waals surface area contributed by atoms with Crippen LogP contribution in [0, 0.1) is 0 Å². The van der Waals surface area contributed by atoms with Gasteiger partial charge in [-0.2, -0.15) is 0 Å². The van der Waals surface area contributed by atoms with Gasteiger partial charge in [0, 0.05) is 18.6 Å². The van der Waals surface area contributed by atoms with Crippen molar-refractivity contribution in [3.05, 3.63) is 33.8 Å². The summed E-state index contributed by atoms with van der Waals surface area (Å²) in [7, 11) is 1.95. The molecule has 0 saturated carbocycles. The molecule has 0 radical (unpaired) electrons. The average Bonchev–Trinajstić information content (AvgIpc) is 2.73. The lowest BCUT2D eigenvalue weighted by atomic mass is 10.1. The van der Waals surface area contributed by atoms with E-state index >= 15 is 0 Å². The highest BCUT2D eigenvalue weighted by Crippen LogP contribution is 2.23. The lowest BCUT2D eigenvalue weighted by Crippen LogP contribution is -2.37. The molecule has 2 N–H and O–H groups in total. The summed E-state index contributed by atoms with van der Waals surface area (Å²) in [6.07, 6.45) is 1.06. The molecule has 1 fully saturated rings. The van der Waals surface area contributed by atoms with Crippen molar-refractivity contribution in [1.82, 2.24) is 10.2 Å². The first-order valence-electron chi connectivity index (χ1n) is 6.54. The zero-order valence-electron chi connectivity index (χ0n) is 11.3. The number of rotatable bonds is 4. The van der Waals surface area contributed by atoms with Crippen LogP contribution in [-0.4, -0.2) is 48.2 Å². The Kier molecular flexibility index (Phi) is 5.27. The second kappa shape index (κ2) is 6.76. The Bertz CT molecular complexity index is 496. The third-order valence-corrected chi connectivity index (χ3v) is 4.35. The maximum Gasteiger partial charge on any atom is 0.224 e. The topological polar surface area (TPSA) is 52.6 Å². The molecule has 1 aliphatic heterocycles. The minimum atomic E-state index is -0.0413. The first kappa shape index (κ1) is 15.6. The Labute approximate surface area is 128 Å². The summed E-state index contributed by atoms with van der Waals surface area (Å²) >= 11 is 11.8. The molecule has 0 aliphatic carbocycles. The number of likely N-dealkylation sites (N-methyl/N-ethyl adjacent to an activating group) is 1. The van der Waals surface area contributed by atoms with E-state index in [4.69, 9.17) is 23.2 Å². The summed E-state index contributed by atoms with van der Waals surface area (Å²) in [6, 6.07) is 5.42. The number of nitrogens with zero attached hydrogens (tertiary/aromatic N) is 1. The quantitative estimate of drug-likeness (QED) is 0.889. The molecule has 1 aromatic carbocycles. The largest absolute Gasteiger partial charge is 0.395 e. The first-order valence-corrected chi connectivity index (χ1v) is 7.29. The Morgan fingerprint density at radius 2 is 2.20 bits per heavy atom. The van der Waals surface area contributed by atoms with Gasteiger partial charge in [-0.1, -0.05) is 29.3 Å². The molecule has 0 bridgehead atoms. The molecule has 20 heavy (non-hydrogen) atoms. The second-order valence-corrected chi connectivity index (χ2v) is 6.02. The van der Waals surface area contributed by atoms with E-state index in [-0.39, 0.29) is 31.0 Å². The van der Waals surface area contributed by atoms with Crippen molar-refractivity contribution in [3.63, 3.8) is 0 Å². The van der Waals surface area contributed by atoms with Crippen molar-refractivity contribution in [1.29, 1.82) is 0 Å².